The Hall–Kier alpha value is -2.14. The van der Waals surface area contributed by atoms with Crippen molar-refractivity contribution in [1.82, 2.24) is 5.32 Å². The van der Waals surface area contributed by atoms with Crippen molar-refractivity contribution in [2.75, 3.05) is 18.0 Å². The van der Waals surface area contributed by atoms with Gasteiger partial charge in [0.1, 0.15) is 0 Å². The van der Waals surface area contributed by atoms with E-state index in [1.807, 2.05) is 19.1 Å². The smallest absolute Gasteiger partial charge is 0.239 e. The topological polar surface area (TPSA) is 32.3 Å². The molecule has 0 aromatic heterocycles. The fourth-order valence-electron chi connectivity index (χ4n) is 2.14. The van der Waals surface area contributed by atoms with Crippen molar-refractivity contribution < 1.29 is 13.6 Å². The van der Waals surface area contributed by atoms with Crippen molar-refractivity contribution in [1.29, 1.82) is 0 Å². The molecule has 0 aliphatic carbocycles. The van der Waals surface area contributed by atoms with Crippen LogP contribution in [0.25, 0.3) is 0 Å². The number of carbonyl (C=O) groups excluding carboxylic acids is 1. The van der Waals surface area contributed by atoms with E-state index in [1.54, 1.807) is 17.0 Å². The van der Waals surface area contributed by atoms with E-state index in [0.717, 1.165) is 17.7 Å². The predicted molar refractivity (Wildman–Crippen MR) is 87.5 cm³/mol. The number of carbonyl (C=O) groups is 1. The normalized spacial score (nSPS) is 10.4. The van der Waals surface area contributed by atoms with Gasteiger partial charge in [0.15, 0.2) is 11.6 Å². The zero-order valence-electron chi connectivity index (χ0n) is 12.7. The maximum Gasteiger partial charge on any atom is 0.239 e. The number of nitrogens with zero attached hydrogens (tertiary/aromatic N) is 1. The summed E-state index contributed by atoms with van der Waals surface area (Å²) in [6, 6.07) is 10.8. The molecular weight excluding hydrogens is 322 g/mol. The van der Waals surface area contributed by atoms with E-state index in [4.69, 9.17) is 11.6 Å². The molecule has 0 unspecified atom stereocenters. The molecule has 0 bridgehead atoms. The molecule has 2 aromatic rings. The number of hydrogen-bond donors (Lipinski definition) is 1. The second-order valence-corrected chi connectivity index (χ2v) is 5.46. The van der Waals surface area contributed by atoms with Crippen LogP contribution in [-0.4, -0.2) is 19.0 Å². The summed E-state index contributed by atoms with van der Waals surface area (Å²) in [6.07, 6.45) is 0. The molecule has 3 nitrogen and oxygen atoms in total. The lowest BCUT2D eigenvalue weighted by atomic mass is 10.2. The predicted octanol–water partition coefficient (Wildman–Crippen LogP) is 3.76. The van der Waals surface area contributed by atoms with Crippen molar-refractivity contribution >= 4 is 23.2 Å². The summed E-state index contributed by atoms with van der Waals surface area (Å²) in [5, 5.41) is 3.38. The molecule has 0 saturated heterocycles. The van der Waals surface area contributed by atoms with Gasteiger partial charge in [0.25, 0.3) is 0 Å². The molecule has 0 heterocycles. The Bertz CT molecular complexity index is 694. The Morgan fingerprint density at radius 2 is 1.96 bits per heavy atom. The number of likely N-dealkylation sites (N-methyl/N-ethyl adjacent to an activating group) is 1. The van der Waals surface area contributed by atoms with E-state index in [0.29, 0.717) is 23.8 Å². The maximum absolute atomic E-state index is 13.3. The molecule has 0 radical (unpaired) electrons. The molecule has 0 fully saturated rings. The minimum atomic E-state index is -0.930. The summed E-state index contributed by atoms with van der Waals surface area (Å²) in [5.74, 6) is -2.05. The number of halogens is 3. The molecule has 0 saturated carbocycles. The Morgan fingerprint density at radius 1 is 1.17 bits per heavy atom. The quantitative estimate of drug-likeness (QED) is 0.869. The molecule has 1 N–H and O–H groups in total. The lowest BCUT2D eigenvalue weighted by Crippen LogP contribution is -2.37. The van der Waals surface area contributed by atoms with Gasteiger partial charge in [0, 0.05) is 29.9 Å². The summed E-state index contributed by atoms with van der Waals surface area (Å²) >= 11 is 5.89. The lowest BCUT2D eigenvalue weighted by Gasteiger charge is -2.22. The Kier molecular flexibility index (Phi) is 5.93. The van der Waals surface area contributed by atoms with Crippen molar-refractivity contribution in [2.45, 2.75) is 13.5 Å². The number of nitrogens with one attached hydrogen (secondary N) is 1. The number of benzene rings is 2. The lowest BCUT2D eigenvalue weighted by molar-refractivity contribution is -0.119. The highest BCUT2D eigenvalue weighted by Gasteiger charge is 2.12. The van der Waals surface area contributed by atoms with Crippen molar-refractivity contribution in [3.05, 3.63) is 64.7 Å². The number of hydrogen-bond acceptors (Lipinski definition) is 2. The standard InChI is InChI=1S/C17H17ClF2N2O/c1-2-22(14-6-7-15(19)16(20)9-14)11-17(23)21-10-12-4-3-5-13(18)8-12/h3-9H,2,10-11H2,1H3,(H,21,23). The van der Waals surface area contributed by atoms with Gasteiger partial charge in [-0.15, -0.1) is 0 Å². The second kappa shape index (κ2) is 7.92. The third-order valence-corrected chi connectivity index (χ3v) is 3.60. The summed E-state index contributed by atoms with van der Waals surface area (Å²) < 4.78 is 26.3. The van der Waals surface area contributed by atoms with Crippen LogP contribution in [0, 0.1) is 11.6 Å². The van der Waals surface area contributed by atoms with Gasteiger partial charge >= 0.3 is 0 Å². The first-order valence-electron chi connectivity index (χ1n) is 7.20. The fraction of sp³-hybridized carbons (Fsp3) is 0.235. The minimum Gasteiger partial charge on any atom is -0.362 e. The van der Waals surface area contributed by atoms with Crippen LogP contribution in [0.5, 0.6) is 0 Å². The van der Waals surface area contributed by atoms with Crippen LogP contribution in [0.15, 0.2) is 42.5 Å². The van der Waals surface area contributed by atoms with Crippen LogP contribution in [-0.2, 0) is 11.3 Å². The van der Waals surface area contributed by atoms with Crippen molar-refractivity contribution in [2.24, 2.45) is 0 Å². The fourth-order valence-corrected chi connectivity index (χ4v) is 2.36. The van der Waals surface area contributed by atoms with E-state index in [9.17, 15) is 13.6 Å². The van der Waals surface area contributed by atoms with Gasteiger partial charge < -0.3 is 10.2 Å². The summed E-state index contributed by atoms with van der Waals surface area (Å²) in [7, 11) is 0. The highest BCUT2D eigenvalue weighted by Crippen LogP contribution is 2.17. The SMILES string of the molecule is CCN(CC(=O)NCc1cccc(Cl)c1)c1ccc(F)c(F)c1. The zero-order valence-corrected chi connectivity index (χ0v) is 13.4. The van der Waals surface area contributed by atoms with E-state index < -0.39 is 11.6 Å². The van der Waals surface area contributed by atoms with Gasteiger partial charge in [0.05, 0.1) is 6.54 Å². The molecule has 23 heavy (non-hydrogen) atoms. The van der Waals surface area contributed by atoms with E-state index in [-0.39, 0.29) is 12.5 Å². The molecule has 2 rings (SSSR count). The number of amides is 1. The Balaban J connectivity index is 1.95. The molecule has 2 aromatic carbocycles. The van der Waals surface area contributed by atoms with E-state index in [2.05, 4.69) is 5.32 Å². The number of rotatable bonds is 6. The second-order valence-electron chi connectivity index (χ2n) is 5.02. The average Bonchev–Trinajstić information content (AvgIpc) is 2.53. The monoisotopic (exact) mass is 338 g/mol. The van der Waals surface area contributed by atoms with Gasteiger partial charge in [-0.05, 0) is 36.8 Å². The molecule has 6 heteroatoms. The first kappa shape index (κ1) is 17.2. The van der Waals surface area contributed by atoms with Gasteiger partial charge in [-0.25, -0.2) is 8.78 Å². The third kappa shape index (κ3) is 4.93. The molecule has 0 atom stereocenters. The minimum absolute atomic E-state index is 0.0577. The Labute approximate surface area is 138 Å². The highest BCUT2D eigenvalue weighted by molar-refractivity contribution is 6.30. The Morgan fingerprint density at radius 3 is 2.61 bits per heavy atom. The summed E-state index contributed by atoms with van der Waals surface area (Å²) in [4.78, 5) is 13.7. The van der Waals surface area contributed by atoms with Crippen molar-refractivity contribution in [3.63, 3.8) is 0 Å². The van der Waals surface area contributed by atoms with Crippen LogP contribution in [0.3, 0.4) is 0 Å². The molecule has 122 valence electrons. The molecule has 1 amide bonds. The van der Waals surface area contributed by atoms with Crippen LogP contribution < -0.4 is 10.2 Å². The van der Waals surface area contributed by atoms with Gasteiger partial charge in [-0.2, -0.15) is 0 Å². The highest BCUT2D eigenvalue weighted by atomic mass is 35.5. The average molecular weight is 339 g/mol. The van der Waals surface area contributed by atoms with Crippen LogP contribution in [0.4, 0.5) is 14.5 Å². The maximum atomic E-state index is 13.3. The third-order valence-electron chi connectivity index (χ3n) is 3.36. The zero-order chi connectivity index (χ0) is 16.8. The van der Waals surface area contributed by atoms with E-state index >= 15 is 0 Å². The largest absolute Gasteiger partial charge is 0.362 e. The van der Waals surface area contributed by atoms with Crippen molar-refractivity contribution in [3.8, 4) is 0 Å². The van der Waals surface area contributed by atoms with Crippen LogP contribution in [0.2, 0.25) is 5.02 Å². The molecular formula is C17H17ClF2N2O. The molecule has 0 aliphatic rings. The molecule has 0 spiro atoms. The first-order valence-corrected chi connectivity index (χ1v) is 7.58. The van der Waals surface area contributed by atoms with Crippen LogP contribution in [0.1, 0.15) is 12.5 Å². The summed E-state index contributed by atoms with van der Waals surface area (Å²) in [5.41, 5.74) is 1.35. The first-order chi connectivity index (χ1) is 11.0. The van der Waals surface area contributed by atoms with Gasteiger partial charge in [-0.3, -0.25) is 4.79 Å². The van der Waals surface area contributed by atoms with Gasteiger partial charge in [0.2, 0.25) is 5.91 Å². The molecule has 0 aliphatic heterocycles. The van der Waals surface area contributed by atoms with Gasteiger partial charge in [-0.1, -0.05) is 23.7 Å². The number of anilines is 1. The summed E-state index contributed by atoms with van der Waals surface area (Å²) in [6.45, 7) is 2.75. The van der Waals surface area contributed by atoms with E-state index in [1.165, 1.54) is 6.07 Å². The van der Waals surface area contributed by atoms with Crippen LogP contribution >= 0.6 is 11.6 Å².